The van der Waals surface area contributed by atoms with Crippen LogP contribution < -0.4 is 0 Å². The van der Waals surface area contributed by atoms with Gasteiger partial charge in [-0.05, 0) is 55.0 Å². The molecule has 3 aromatic carbocycles. The molecule has 0 saturated heterocycles. The monoisotopic (exact) mass is 382 g/mol. The SMILES string of the molecule is C[C@H](OC(=O)c1ccccc1C(=O)c1ccc(Cl)cc1)c1ccc(F)cc1. The van der Waals surface area contributed by atoms with Crippen LogP contribution in [-0.2, 0) is 4.74 Å². The van der Waals surface area contributed by atoms with E-state index in [9.17, 15) is 14.0 Å². The summed E-state index contributed by atoms with van der Waals surface area (Å²) >= 11 is 5.86. The summed E-state index contributed by atoms with van der Waals surface area (Å²) in [6, 6.07) is 18.6. The molecule has 3 nitrogen and oxygen atoms in total. The molecular formula is C22H16ClFO3. The van der Waals surface area contributed by atoms with E-state index < -0.39 is 12.1 Å². The zero-order valence-electron chi connectivity index (χ0n) is 14.5. The molecule has 0 fully saturated rings. The predicted molar refractivity (Wildman–Crippen MR) is 102 cm³/mol. The van der Waals surface area contributed by atoms with Gasteiger partial charge in [0.25, 0.3) is 0 Å². The molecule has 5 heteroatoms. The van der Waals surface area contributed by atoms with Crippen molar-refractivity contribution in [2.24, 2.45) is 0 Å². The Morgan fingerprint density at radius 1 is 0.889 bits per heavy atom. The maximum absolute atomic E-state index is 13.1. The average molecular weight is 383 g/mol. The van der Waals surface area contributed by atoms with Crippen LogP contribution in [0.25, 0.3) is 0 Å². The van der Waals surface area contributed by atoms with Crippen LogP contribution in [0.5, 0.6) is 0 Å². The van der Waals surface area contributed by atoms with Gasteiger partial charge in [0.1, 0.15) is 11.9 Å². The second-order valence-electron chi connectivity index (χ2n) is 5.98. The van der Waals surface area contributed by atoms with Gasteiger partial charge >= 0.3 is 5.97 Å². The van der Waals surface area contributed by atoms with Crippen molar-refractivity contribution >= 4 is 23.4 Å². The number of ketones is 1. The minimum atomic E-state index is -0.621. The third-order valence-corrected chi connectivity index (χ3v) is 4.37. The van der Waals surface area contributed by atoms with Crippen LogP contribution in [0.4, 0.5) is 4.39 Å². The highest BCUT2D eigenvalue weighted by Crippen LogP contribution is 2.22. The lowest BCUT2D eigenvalue weighted by molar-refractivity contribution is 0.0335. The largest absolute Gasteiger partial charge is 0.454 e. The minimum absolute atomic E-state index is 0.173. The summed E-state index contributed by atoms with van der Waals surface area (Å²) in [5.41, 5.74) is 1.50. The number of esters is 1. The number of benzene rings is 3. The van der Waals surface area contributed by atoms with Crippen LogP contribution in [0.2, 0.25) is 5.02 Å². The van der Waals surface area contributed by atoms with Gasteiger partial charge in [0.15, 0.2) is 5.78 Å². The average Bonchev–Trinajstić information content (AvgIpc) is 2.68. The molecule has 1 atom stereocenters. The smallest absolute Gasteiger partial charge is 0.339 e. The van der Waals surface area contributed by atoms with E-state index in [1.807, 2.05) is 0 Å². The highest BCUT2D eigenvalue weighted by atomic mass is 35.5. The molecule has 0 aliphatic carbocycles. The lowest BCUT2D eigenvalue weighted by Crippen LogP contribution is -2.14. The topological polar surface area (TPSA) is 43.4 Å². The van der Waals surface area contributed by atoms with Gasteiger partial charge in [-0.25, -0.2) is 9.18 Å². The summed E-state index contributed by atoms with van der Waals surface area (Å²) in [6.07, 6.45) is -0.586. The molecule has 27 heavy (non-hydrogen) atoms. The van der Waals surface area contributed by atoms with Crippen molar-refractivity contribution in [1.29, 1.82) is 0 Å². The van der Waals surface area contributed by atoms with Crippen molar-refractivity contribution in [3.05, 3.63) is 106 Å². The Morgan fingerprint density at radius 3 is 2.11 bits per heavy atom. The van der Waals surface area contributed by atoms with Crippen molar-refractivity contribution in [2.45, 2.75) is 13.0 Å². The number of carbonyl (C=O) groups is 2. The second-order valence-corrected chi connectivity index (χ2v) is 6.42. The zero-order valence-corrected chi connectivity index (χ0v) is 15.2. The normalized spacial score (nSPS) is 11.7. The first-order valence-corrected chi connectivity index (χ1v) is 8.69. The second kappa shape index (κ2) is 8.14. The van der Waals surface area contributed by atoms with Gasteiger partial charge in [-0.2, -0.15) is 0 Å². The number of hydrogen-bond donors (Lipinski definition) is 0. The van der Waals surface area contributed by atoms with Crippen molar-refractivity contribution in [3.8, 4) is 0 Å². The number of halogens is 2. The molecule has 136 valence electrons. The molecule has 0 aliphatic rings. The van der Waals surface area contributed by atoms with E-state index in [2.05, 4.69) is 0 Å². The molecule has 0 radical (unpaired) electrons. The highest BCUT2D eigenvalue weighted by Gasteiger charge is 2.21. The first kappa shape index (κ1) is 18.8. The molecule has 0 bridgehead atoms. The van der Waals surface area contributed by atoms with E-state index in [0.29, 0.717) is 16.1 Å². The lowest BCUT2D eigenvalue weighted by Gasteiger charge is -2.15. The Kier molecular flexibility index (Phi) is 5.67. The lowest BCUT2D eigenvalue weighted by atomic mass is 9.98. The minimum Gasteiger partial charge on any atom is -0.454 e. The van der Waals surface area contributed by atoms with Crippen LogP contribution in [0.15, 0.2) is 72.8 Å². The van der Waals surface area contributed by atoms with Gasteiger partial charge in [-0.1, -0.05) is 41.9 Å². The molecule has 3 rings (SSSR count). The van der Waals surface area contributed by atoms with Gasteiger partial charge in [0.2, 0.25) is 0 Å². The first-order valence-electron chi connectivity index (χ1n) is 8.31. The van der Waals surface area contributed by atoms with Crippen LogP contribution in [-0.4, -0.2) is 11.8 Å². The van der Waals surface area contributed by atoms with Crippen LogP contribution in [0.1, 0.15) is 44.9 Å². The van der Waals surface area contributed by atoms with Gasteiger partial charge in [0, 0.05) is 16.1 Å². The maximum Gasteiger partial charge on any atom is 0.339 e. The Balaban J connectivity index is 1.84. The number of rotatable bonds is 5. The van der Waals surface area contributed by atoms with Crippen molar-refractivity contribution in [2.75, 3.05) is 0 Å². The quantitative estimate of drug-likeness (QED) is 0.424. The number of carbonyl (C=O) groups excluding carboxylic acids is 2. The fraction of sp³-hybridized carbons (Fsp3) is 0.0909. The fourth-order valence-electron chi connectivity index (χ4n) is 2.64. The van der Waals surface area contributed by atoms with Crippen molar-refractivity contribution in [3.63, 3.8) is 0 Å². The molecule has 0 saturated carbocycles. The number of hydrogen-bond acceptors (Lipinski definition) is 3. The van der Waals surface area contributed by atoms with Crippen LogP contribution in [0, 0.1) is 5.82 Å². The van der Waals surface area contributed by atoms with E-state index >= 15 is 0 Å². The van der Waals surface area contributed by atoms with E-state index in [1.54, 1.807) is 67.6 Å². The van der Waals surface area contributed by atoms with Gasteiger partial charge < -0.3 is 4.74 Å². The van der Waals surface area contributed by atoms with E-state index in [4.69, 9.17) is 16.3 Å². The Morgan fingerprint density at radius 2 is 1.48 bits per heavy atom. The van der Waals surface area contributed by atoms with Crippen LogP contribution in [0.3, 0.4) is 0 Å². The summed E-state index contributed by atoms with van der Waals surface area (Å²) < 4.78 is 18.5. The van der Waals surface area contributed by atoms with Gasteiger partial charge in [-0.3, -0.25) is 4.79 Å². The maximum atomic E-state index is 13.1. The number of ether oxygens (including phenoxy) is 1. The summed E-state index contributed by atoms with van der Waals surface area (Å²) in [7, 11) is 0. The standard InChI is InChI=1S/C22H16ClFO3/c1-14(15-8-12-18(24)13-9-15)27-22(26)20-5-3-2-4-19(20)21(25)16-6-10-17(23)11-7-16/h2-14H,1H3/t14-/m0/s1. The summed E-state index contributed by atoms with van der Waals surface area (Å²) in [5, 5.41) is 0.521. The fourth-order valence-corrected chi connectivity index (χ4v) is 2.77. The molecule has 3 aromatic rings. The van der Waals surface area contributed by atoms with Gasteiger partial charge in [-0.15, -0.1) is 0 Å². The molecule has 0 N–H and O–H groups in total. The van der Waals surface area contributed by atoms with E-state index in [0.717, 1.165) is 0 Å². The first-order chi connectivity index (χ1) is 13.0. The molecule has 0 aromatic heterocycles. The summed E-state index contributed by atoms with van der Waals surface area (Å²) in [5.74, 6) is -1.28. The zero-order chi connectivity index (χ0) is 19.4. The third-order valence-electron chi connectivity index (χ3n) is 4.12. The molecule has 0 aliphatic heterocycles. The predicted octanol–water partition coefficient (Wildman–Crippen LogP) is 5.63. The highest BCUT2D eigenvalue weighted by molar-refractivity contribution is 6.30. The Bertz CT molecular complexity index is 966. The van der Waals surface area contributed by atoms with Crippen molar-refractivity contribution in [1.82, 2.24) is 0 Å². The van der Waals surface area contributed by atoms with Crippen molar-refractivity contribution < 1.29 is 18.7 Å². The molecule has 0 amide bonds. The summed E-state index contributed by atoms with van der Waals surface area (Å²) in [6.45, 7) is 1.69. The molecule has 0 spiro atoms. The van der Waals surface area contributed by atoms with E-state index in [-0.39, 0.29) is 22.7 Å². The van der Waals surface area contributed by atoms with Gasteiger partial charge in [0.05, 0.1) is 5.56 Å². The molecular weight excluding hydrogens is 367 g/mol. The van der Waals surface area contributed by atoms with Crippen LogP contribution >= 0.6 is 11.6 Å². The molecule has 0 unspecified atom stereocenters. The molecule has 0 heterocycles. The Hall–Kier alpha value is -2.98. The van der Waals surface area contributed by atoms with E-state index in [1.165, 1.54) is 12.1 Å². The summed E-state index contributed by atoms with van der Waals surface area (Å²) in [4.78, 5) is 25.4. The third kappa shape index (κ3) is 4.41. The Labute approximate surface area is 161 Å².